The molecule has 0 aliphatic carbocycles. The van der Waals surface area contributed by atoms with Crippen molar-refractivity contribution in [3.05, 3.63) is 192 Å². The zero-order valence-corrected chi connectivity index (χ0v) is 44.7. The molecule has 366 valence electrons. The van der Waals surface area contributed by atoms with E-state index < -0.39 is 0 Å². The lowest BCUT2D eigenvalue weighted by Gasteiger charge is -2.26. The number of benzene rings is 9. The summed E-state index contributed by atoms with van der Waals surface area (Å²) in [5, 5.41) is 9.50. The Kier molecular flexibility index (Phi) is 9.68. The van der Waals surface area contributed by atoms with Crippen LogP contribution in [0.4, 0.5) is 8.78 Å². The Morgan fingerprint density at radius 1 is 0.284 bits per heavy atom. The van der Waals surface area contributed by atoms with E-state index in [1.165, 1.54) is 100.0 Å². The lowest BCUT2D eigenvalue weighted by Crippen LogP contribution is -2.16. The molecule has 2 nitrogen and oxygen atoms in total. The first-order chi connectivity index (χ1) is 35.0. The molecule has 0 aliphatic rings. The third-order valence-electron chi connectivity index (χ3n) is 16.2. The molecule has 0 radical (unpaired) electrons. The minimum atomic E-state index is -0.255. The average molecular weight is 969 g/mol. The quantitative estimate of drug-likeness (QED) is 0.166. The summed E-state index contributed by atoms with van der Waals surface area (Å²) in [5.74, 6) is -0.510. The normalized spacial score (nSPS) is 13.3. The first-order valence-corrected chi connectivity index (χ1v) is 26.3. The number of fused-ring (bicyclic) bond motifs is 14. The van der Waals surface area contributed by atoms with Crippen LogP contribution >= 0.6 is 0 Å². The Labute approximate surface area is 432 Å². The van der Waals surface area contributed by atoms with Crippen LogP contribution in [0.15, 0.2) is 158 Å². The minimum Gasteiger partial charge on any atom is -0.307 e. The molecule has 0 aliphatic heterocycles. The predicted octanol–water partition coefficient (Wildman–Crippen LogP) is 20.1. The largest absolute Gasteiger partial charge is 0.307 e. The highest BCUT2D eigenvalue weighted by Crippen LogP contribution is 2.55. The molecule has 4 heterocycles. The number of hydrogen-bond donors (Lipinski definition) is 0. The van der Waals surface area contributed by atoms with Gasteiger partial charge in [0.15, 0.2) is 0 Å². The molecule has 4 aromatic heterocycles. The highest BCUT2D eigenvalue weighted by molar-refractivity contribution is 6.46. The van der Waals surface area contributed by atoms with Crippen LogP contribution in [0.2, 0.25) is 0 Å². The van der Waals surface area contributed by atoms with E-state index in [-0.39, 0.29) is 33.3 Å². The third kappa shape index (κ3) is 6.86. The molecule has 4 heteroatoms. The summed E-state index contributed by atoms with van der Waals surface area (Å²) in [4.78, 5) is 0. The van der Waals surface area contributed by atoms with Crippen molar-refractivity contribution in [2.24, 2.45) is 0 Å². The molecule has 0 spiro atoms. The molecule has 9 aromatic carbocycles. The van der Waals surface area contributed by atoms with Crippen molar-refractivity contribution in [1.29, 1.82) is 0 Å². The number of para-hydroxylation sites is 2. The van der Waals surface area contributed by atoms with Gasteiger partial charge in [0.05, 0.1) is 33.1 Å². The second kappa shape index (κ2) is 15.5. The third-order valence-corrected chi connectivity index (χ3v) is 16.2. The molecule has 0 unspecified atom stereocenters. The van der Waals surface area contributed by atoms with Crippen molar-refractivity contribution < 1.29 is 8.78 Å². The van der Waals surface area contributed by atoms with Crippen molar-refractivity contribution in [1.82, 2.24) is 8.80 Å². The average Bonchev–Trinajstić information content (AvgIpc) is 4.28. The van der Waals surface area contributed by atoms with Crippen molar-refractivity contribution in [3.63, 3.8) is 0 Å². The van der Waals surface area contributed by atoms with Gasteiger partial charge >= 0.3 is 0 Å². The van der Waals surface area contributed by atoms with Crippen molar-refractivity contribution in [3.8, 4) is 44.5 Å². The molecule has 0 saturated heterocycles. The molecular weight excluding hydrogens is 907 g/mol. The van der Waals surface area contributed by atoms with E-state index in [0.717, 1.165) is 55.1 Å². The molecular formula is C70H62F2N2. The zero-order valence-electron chi connectivity index (χ0n) is 44.7. The van der Waals surface area contributed by atoms with Crippen LogP contribution in [0.5, 0.6) is 0 Å². The van der Waals surface area contributed by atoms with Crippen LogP contribution in [0.25, 0.3) is 121 Å². The Hall–Kier alpha value is -7.56. The van der Waals surface area contributed by atoms with E-state index in [2.05, 4.69) is 201 Å². The maximum Gasteiger partial charge on any atom is 0.123 e. The van der Waals surface area contributed by atoms with Crippen LogP contribution in [0.1, 0.15) is 105 Å². The van der Waals surface area contributed by atoms with Crippen molar-refractivity contribution in [2.75, 3.05) is 0 Å². The number of rotatable bonds is 4. The molecule has 0 fully saturated rings. The van der Waals surface area contributed by atoms with Gasteiger partial charge in [0.25, 0.3) is 0 Å². The van der Waals surface area contributed by atoms with Gasteiger partial charge in [-0.3, -0.25) is 0 Å². The van der Waals surface area contributed by atoms with Crippen LogP contribution < -0.4 is 0 Å². The molecule has 0 N–H and O–H groups in total. The van der Waals surface area contributed by atoms with Gasteiger partial charge in [0, 0.05) is 54.2 Å². The fraction of sp³-hybridized carbons (Fsp3) is 0.229. The summed E-state index contributed by atoms with van der Waals surface area (Å²) >= 11 is 0. The van der Waals surface area contributed by atoms with E-state index >= 15 is 8.78 Å². The number of halogens is 2. The molecule has 0 amide bonds. The van der Waals surface area contributed by atoms with E-state index in [0.29, 0.717) is 0 Å². The lowest BCUT2D eigenvalue weighted by atomic mass is 9.78. The molecule has 0 bridgehead atoms. The molecule has 0 atom stereocenters. The second-order valence-corrected chi connectivity index (χ2v) is 25.4. The minimum absolute atomic E-state index is 0.0803. The predicted molar refractivity (Wildman–Crippen MR) is 312 cm³/mol. The first-order valence-electron chi connectivity index (χ1n) is 26.3. The fourth-order valence-corrected chi connectivity index (χ4v) is 12.2. The van der Waals surface area contributed by atoms with Crippen LogP contribution in [-0.2, 0) is 21.7 Å². The highest BCUT2D eigenvalue weighted by atomic mass is 19.1. The maximum atomic E-state index is 15.1. The maximum absolute atomic E-state index is 15.1. The fourth-order valence-electron chi connectivity index (χ4n) is 12.2. The summed E-state index contributed by atoms with van der Waals surface area (Å²) in [5.41, 5.74) is 20.1. The highest BCUT2D eigenvalue weighted by Gasteiger charge is 2.32. The van der Waals surface area contributed by atoms with E-state index in [4.69, 9.17) is 0 Å². The summed E-state index contributed by atoms with van der Waals surface area (Å²) in [6.07, 6.45) is 0. The first kappa shape index (κ1) is 46.2. The molecule has 0 saturated carbocycles. The van der Waals surface area contributed by atoms with E-state index in [9.17, 15) is 0 Å². The standard InChI is InChI=1S/C70H62F2N2/c1-67(2,3)45-29-43(30-46(37-45)68(4,5)6)51-21-15-23-55-61-59-54-28-26-42(40-18-14-20-50(72)34-40)36-58(54)74-64-52(44-31-47(69(7,8)9)38-48(32-44)70(10,11)12)22-16-24-56(64)62(66(59)74)60-53-27-25-41(39-17-13-19-49(71)33-39)35-57(53)73(63(51)55)65(60)61/h13-38H,1-12H3. The topological polar surface area (TPSA) is 8.82 Å². The van der Waals surface area contributed by atoms with Gasteiger partial charge in [-0.05, 0) is 114 Å². The Morgan fingerprint density at radius 2 is 0.608 bits per heavy atom. The molecule has 74 heavy (non-hydrogen) atoms. The summed E-state index contributed by atoms with van der Waals surface area (Å²) in [7, 11) is 0. The van der Waals surface area contributed by atoms with Gasteiger partial charge in [-0.1, -0.05) is 204 Å². The summed E-state index contributed by atoms with van der Waals surface area (Å²) in [6, 6.07) is 55.7. The number of hydrogen-bond acceptors (Lipinski definition) is 0. The van der Waals surface area contributed by atoms with E-state index in [1.807, 2.05) is 12.1 Å². The van der Waals surface area contributed by atoms with Gasteiger partial charge in [0.1, 0.15) is 11.6 Å². The van der Waals surface area contributed by atoms with Gasteiger partial charge in [0.2, 0.25) is 0 Å². The van der Waals surface area contributed by atoms with Gasteiger partial charge < -0.3 is 8.80 Å². The monoisotopic (exact) mass is 968 g/mol. The summed E-state index contributed by atoms with van der Waals surface area (Å²) in [6.45, 7) is 27.7. The smallest absolute Gasteiger partial charge is 0.123 e. The SMILES string of the molecule is CC(C)(C)c1cc(-c2cccc3c4c5c6ccc(-c7cccc(F)c7)cc6n6c7c(-c8cc(C(C)(C)C)cc(C(C)(C)C)c8)cccc7c(c7c8ccc(-c9cccc(F)c9)cc8n(c23)c74)c56)cc(C(C)(C)C)c1. The Bertz CT molecular complexity index is 4120. The number of nitrogens with zero attached hydrogens (tertiary/aromatic N) is 2. The Balaban J connectivity index is 1.27. The lowest BCUT2D eigenvalue weighted by molar-refractivity contribution is 0.568. The molecule has 13 aromatic rings. The molecule has 13 rings (SSSR count). The van der Waals surface area contributed by atoms with Crippen LogP contribution in [0.3, 0.4) is 0 Å². The van der Waals surface area contributed by atoms with Gasteiger partial charge in [-0.25, -0.2) is 8.78 Å². The van der Waals surface area contributed by atoms with Crippen molar-refractivity contribution >= 4 is 76.2 Å². The number of aromatic nitrogens is 2. The summed E-state index contributed by atoms with van der Waals surface area (Å²) < 4.78 is 35.3. The van der Waals surface area contributed by atoms with Crippen molar-refractivity contribution in [2.45, 2.75) is 105 Å². The Morgan fingerprint density at radius 3 is 0.946 bits per heavy atom. The van der Waals surface area contributed by atoms with Crippen LogP contribution in [-0.4, -0.2) is 8.80 Å². The van der Waals surface area contributed by atoms with Gasteiger partial charge in [-0.2, -0.15) is 0 Å². The van der Waals surface area contributed by atoms with E-state index in [1.54, 1.807) is 24.3 Å². The van der Waals surface area contributed by atoms with Crippen LogP contribution in [0, 0.1) is 11.6 Å². The second-order valence-electron chi connectivity index (χ2n) is 25.4. The zero-order chi connectivity index (χ0) is 51.7. The van der Waals surface area contributed by atoms with Gasteiger partial charge in [-0.15, -0.1) is 0 Å².